The third-order valence-electron chi connectivity index (χ3n) is 4.92. The molecular formula is C22H11ClO2. The molecule has 0 spiro atoms. The third-order valence-corrected chi connectivity index (χ3v) is 5.15. The van der Waals surface area contributed by atoms with Crippen LogP contribution in [0, 0.1) is 0 Å². The van der Waals surface area contributed by atoms with Gasteiger partial charge in [0.05, 0.1) is 0 Å². The molecule has 4 aromatic carbocycles. The normalized spacial score (nSPS) is 12.2. The summed E-state index contributed by atoms with van der Waals surface area (Å²) in [5.41, 5.74) is 3.46. The molecule has 0 aliphatic rings. The van der Waals surface area contributed by atoms with Gasteiger partial charge in [-0.2, -0.15) is 0 Å². The molecule has 0 unspecified atom stereocenters. The average molecular weight is 343 g/mol. The Morgan fingerprint density at radius 2 is 1.24 bits per heavy atom. The van der Waals surface area contributed by atoms with Gasteiger partial charge in [0.25, 0.3) is 0 Å². The summed E-state index contributed by atoms with van der Waals surface area (Å²) in [6.07, 6.45) is 0. The van der Waals surface area contributed by atoms with Crippen LogP contribution < -0.4 is 0 Å². The van der Waals surface area contributed by atoms with Gasteiger partial charge in [0.1, 0.15) is 22.3 Å². The van der Waals surface area contributed by atoms with Crippen molar-refractivity contribution in [3.05, 3.63) is 71.8 Å². The zero-order valence-corrected chi connectivity index (χ0v) is 13.8. The molecule has 0 bridgehead atoms. The van der Waals surface area contributed by atoms with Gasteiger partial charge in [-0.3, -0.25) is 0 Å². The number of benzene rings is 4. The molecule has 0 radical (unpaired) electrons. The number of hydrogen-bond donors (Lipinski definition) is 0. The van der Waals surface area contributed by atoms with Crippen molar-refractivity contribution in [3.8, 4) is 0 Å². The molecule has 0 fully saturated rings. The second-order valence-corrected chi connectivity index (χ2v) is 6.75. The lowest BCUT2D eigenvalue weighted by Crippen LogP contribution is -1.77. The predicted octanol–water partition coefficient (Wildman–Crippen LogP) is 7.29. The maximum absolute atomic E-state index is 6.15. The Labute approximate surface area is 147 Å². The van der Waals surface area contributed by atoms with Gasteiger partial charge < -0.3 is 8.83 Å². The van der Waals surface area contributed by atoms with Gasteiger partial charge in [-0.15, -0.1) is 0 Å². The fraction of sp³-hybridized carbons (Fsp3) is 0. The van der Waals surface area contributed by atoms with Gasteiger partial charge in [-0.05, 0) is 35.7 Å². The van der Waals surface area contributed by atoms with E-state index < -0.39 is 0 Å². The SMILES string of the molecule is Clc1ccc2c(c1)oc1ccc3ccc4oc5ccccc5c4c3c12. The fourth-order valence-corrected chi connectivity index (χ4v) is 4.03. The van der Waals surface area contributed by atoms with Crippen LogP contribution in [-0.4, -0.2) is 0 Å². The van der Waals surface area contributed by atoms with Gasteiger partial charge in [-0.1, -0.05) is 41.9 Å². The molecule has 25 heavy (non-hydrogen) atoms. The number of halogens is 1. The van der Waals surface area contributed by atoms with E-state index in [1.165, 1.54) is 10.8 Å². The van der Waals surface area contributed by atoms with E-state index in [-0.39, 0.29) is 0 Å². The maximum atomic E-state index is 6.15. The van der Waals surface area contributed by atoms with Crippen LogP contribution in [0.2, 0.25) is 5.02 Å². The minimum absolute atomic E-state index is 0.676. The smallest absolute Gasteiger partial charge is 0.136 e. The highest BCUT2D eigenvalue weighted by molar-refractivity contribution is 6.33. The molecule has 2 nitrogen and oxygen atoms in total. The van der Waals surface area contributed by atoms with E-state index in [1.54, 1.807) is 0 Å². The molecule has 0 atom stereocenters. The van der Waals surface area contributed by atoms with Crippen molar-refractivity contribution >= 4 is 66.3 Å². The molecule has 118 valence electrons. The number of para-hydroxylation sites is 1. The predicted molar refractivity (Wildman–Crippen MR) is 104 cm³/mol. The molecule has 0 N–H and O–H groups in total. The zero-order chi connectivity index (χ0) is 16.5. The zero-order valence-electron chi connectivity index (χ0n) is 13.0. The van der Waals surface area contributed by atoms with Gasteiger partial charge in [0.15, 0.2) is 0 Å². The Bertz CT molecular complexity index is 1450. The van der Waals surface area contributed by atoms with Crippen molar-refractivity contribution in [2.75, 3.05) is 0 Å². The van der Waals surface area contributed by atoms with Crippen molar-refractivity contribution in [2.45, 2.75) is 0 Å². The third kappa shape index (κ3) is 1.70. The van der Waals surface area contributed by atoms with Crippen molar-refractivity contribution < 1.29 is 8.83 Å². The maximum Gasteiger partial charge on any atom is 0.136 e. The van der Waals surface area contributed by atoms with Crippen LogP contribution in [0.3, 0.4) is 0 Å². The molecule has 0 aliphatic carbocycles. The summed E-state index contributed by atoms with van der Waals surface area (Å²) in [5.74, 6) is 0. The van der Waals surface area contributed by atoms with Crippen LogP contribution in [0.15, 0.2) is 75.6 Å². The van der Waals surface area contributed by atoms with E-state index in [9.17, 15) is 0 Å². The van der Waals surface area contributed by atoms with E-state index in [0.717, 1.165) is 43.9 Å². The quantitative estimate of drug-likeness (QED) is 0.289. The molecule has 2 aromatic heterocycles. The minimum atomic E-state index is 0.676. The van der Waals surface area contributed by atoms with E-state index >= 15 is 0 Å². The lowest BCUT2D eigenvalue weighted by molar-refractivity contribution is 0.669. The van der Waals surface area contributed by atoms with Gasteiger partial charge in [-0.25, -0.2) is 0 Å². The summed E-state index contributed by atoms with van der Waals surface area (Å²) in [6.45, 7) is 0. The second-order valence-electron chi connectivity index (χ2n) is 6.32. The van der Waals surface area contributed by atoms with Crippen LogP contribution in [-0.2, 0) is 0 Å². The van der Waals surface area contributed by atoms with Gasteiger partial charge in [0.2, 0.25) is 0 Å². The summed E-state index contributed by atoms with van der Waals surface area (Å²) in [4.78, 5) is 0. The number of furan rings is 2. The molecule has 2 heterocycles. The van der Waals surface area contributed by atoms with E-state index in [2.05, 4.69) is 18.2 Å². The molecule has 6 rings (SSSR count). The van der Waals surface area contributed by atoms with Crippen molar-refractivity contribution in [2.24, 2.45) is 0 Å². The highest BCUT2D eigenvalue weighted by Gasteiger charge is 2.16. The van der Waals surface area contributed by atoms with Crippen LogP contribution in [0.25, 0.3) is 54.6 Å². The lowest BCUT2D eigenvalue weighted by atomic mass is 9.99. The Hall–Kier alpha value is -2.97. The van der Waals surface area contributed by atoms with Crippen molar-refractivity contribution in [1.82, 2.24) is 0 Å². The highest BCUT2D eigenvalue weighted by atomic mass is 35.5. The summed E-state index contributed by atoms with van der Waals surface area (Å²) in [6, 6.07) is 22.2. The standard InChI is InChI=1S/C22H11ClO2/c23-13-7-8-15-19(11-13)25-18-10-6-12-5-9-17-21(20(12)22(15)18)14-3-1-2-4-16(14)24-17/h1-11H. The Kier molecular flexibility index (Phi) is 2.43. The molecule has 3 heteroatoms. The first-order valence-corrected chi connectivity index (χ1v) is 8.52. The Morgan fingerprint density at radius 1 is 0.560 bits per heavy atom. The van der Waals surface area contributed by atoms with Crippen molar-refractivity contribution in [1.29, 1.82) is 0 Å². The molecular weight excluding hydrogens is 332 g/mol. The molecule has 0 saturated carbocycles. The number of rotatable bonds is 0. The fourth-order valence-electron chi connectivity index (χ4n) is 3.87. The van der Waals surface area contributed by atoms with Crippen LogP contribution in [0.4, 0.5) is 0 Å². The van der Waals surface area contributed by atoms with E-state index in [4.69, 9.17) is 20.4 Å². The van der Waals surface area contributed by atoms with Crippen molar-refractivity contribution in [3.63, 3.8) is 0 Å². The van der Waals surface area contributed by atoms with Crippen LogP contribution in [0.5, 0.6) is 0 Å². The topological polar surface area (TPSA) is 26.3 Å². The van der Waals surface area contributed by atoms with Gasteiger partial charge >= 0.3 is 0 Å². The monoisotopic (exact) mass is 342 g/mol. The summed E-state index contributed by atoms with van der Waals surface area (Å²) in [7, 11) is 0. The second kappa shape index (κ2) is 4.56. The Morgan fingerprint density at radius 3 is 2.04 bits per heavy atom. The first kappa shape index (κ1) is 13.3. The molecule has 0 saturated heterocycles. The van der Waals surface area contributed by atoms with E-state index in [0.29, 0.717) is 5.02 Å². The number of fused-ring (bicyclic) bond motifs is 9. The van der Waals surface area contributed by atoms with Crippen LogP contribution >= 0.6 is 11.6 Å². The van der Waals surface area contributed by atoms with Crippen LogP contribution in [0.1, 0.15) is 0 Å². The highest BCUT2D eigenvalue weighted by Crippen LogP contribution is 2.41. The average Bonchev–Trinajstić information content (AvgIpc) is 3.18. The number of hydrogen-bond acceptors (Lipinski definition) is 2. The lowest BCUT2D eigenvalue weighted by Gasteiger charge is -2.02. The summed E-state index contributed by atoms with van der Waals surface area (Å²) < 4.78 is 12.1. The summed E-state index contributed by atoms with van der Waals surface area (Å²) >= 11 is 6.15. The first-order valence-electron chi connectivity index (χ1n) is 8.14. The van der Waals surface area contributed by atoms with E-state index in [1.807, 2.05) is 48.5 Å². The summed E-state index contributed by atoms with van der Waals surface area (Å²) in [5, 5.41) is 7.46. The minimum Gasteiger partial charge on any atom is -0.456 e. The first-order chi connectivity index (χ1) is 12.3. The van der Waals surface area contributed by atoms with Gasteiger partial charge in [0, 0.05) is 38.0 Å². The molecule has 6 aromatic rings. The molecule has 0 amide bonds. The molecule has 0 aliphatic heterocycles. The Balaban J connectivity index is 1.99. The largest absolute Gasteiger partial charge is 0.456 e.